The van der Waals surface area contributed by atoms with Crippen LogP contribution >= 0.6 is 0 Å². The van der Waals surface area contributed by atoms with E-state index in [-0.39, 0.29) is 6.42 Å². The SMILES string of the molecule is OCCCCC(O)(C(F)(F)F)C(F)(F)F. The first-order chi connectivity index (χ1) is 6.56. The summed E-state index contributed by atoms with van der Waals surface area (Å²) in [6, 6.07) is 0. The molecule has 0 spiro atoms. The van der Waals surface area contributed by atoms with Gasteiger partial charge < -0.3 is 10.2 Å². The van der Waals surface area contributed by atoms with Crippen molar-refractivity contribution in [1.82, 2.24) is 0 Å². The van der Waals surface area contributed by atoms with Gasteiger partial charge in [0.2, 0.25) is 0 Å². The maximum Gasteiger partial charge on any atom is 0.426 e. The van der Waals surface area contributed by atoms with Gasteiger partial charge in [-0.3, -0.25) is 0 Å². The summed E-state index contributed by atoms with van der Waals surface area (Å²) in [5, 5.41) is 16.8. The van der Waals surface area contributed by atoms with Gasteiger partial charge in [0.05, 0.1) is 0 Å². The molecule has 0 aromatic heterocycles. The van der Waals surface area contributed by atoms with Crippen LogP contribution in [0.25, 0.3) is 0 Å². The largest absolute Gasteiger partial charge is 0.426 e. The summed E-state index contributed by atoms with van der Waals surface area (Å²) >= 11 is 0. The molecule has 0 unspecified atom stereocenters. The fourth-order valence-corrected chi connectivity index (χ4v) is 0.937. The van der Waals surface area contributed by atoms with E-state index < -0.39 is 37.4 Å². The smallest absolute Gasteiger partial charge is 0.396 e. The lowest BCUT2D eigenvalue weighted by Gasteiger charge is -2.32. The van der Waals surface area contributed by atoms with Crippen molar-refractivity contribution in [1.29, 1.82) is 0 Å². The molecule has 0 saturated carbocycles. The third-order valence-electron chi connectivity index (χ3n) is 1.88. The van der Waals surface area contributed by atoms with Crippen LogP contribution in [-0.2, 0) is 0 Å². The van der Waals surface area contributed by atoms with E-state index in [0.29, 0.717) is 0 Å². The van der Waals surface area contributed by atoms with Crippen LogP contribution in [0.4, 0.5) is 26.3 Å². The third-order valence-corrected chi connectivity index (χ3v) is 1.88. The highest BCUT2D eigenvalue weighted by Crippen LogP contribution is 2.45. The molecule has 8 heteroatoms. The van der Waals surface area contributed by atoms with Gasteiger partial charge in [-0.2, -0.15) is 26.3 Å². The van der Waals surface area contributed by atoms with Gasteiger partial charge in [0.1, 0.15) is 0 Å². The minimum Gasteiger partial charge on any atom is -0.396 e. The lowest BCUT2D eigenvalue weighted by molar-refractivity contribution is -0.370. The van der Waals surface area contributed by atoms with Crippen molar-refractivity contribution in [3.63, 3.8) is 0 Å². The first kappa shape index (κ1) is 14.5. The number of hydrogen-bond acceptors (Lipinski definition) is 2. The van der Waals surface area contributed by atoms with Crippen molar-refractivity contribution in [3.8, 4) is 0 Å². The summed E-state index contributed by atoms with van der Waals surface area (Å²) in [7, 11) is 0. The van der Waals surface area contributed by atoms with Crippen LogP contribution in [0.15, 0.2) is 0 Å². The molecule has 2 N–H and O–H groups in total. The zero-order valence-electron chi connectivity index (χ0n) is 7.49. The molecular formula is C7H10F6O2. The van der Waals surface area contributed by atoms with Crippen molar-refractivity contribution < 1.29 is 36.6 Å². The molecule has 0 saturated heterocycles. The van der Waals surface area contributed by atoms with Crippen LogP contribution in [0.1, 0.15) is 19.3 Å². The van der Waals surface area contributed by atoms with Crippen LogP contribution < -0.4 is 0 Å². The Kier molecular flexibility index (Phi) is 4.41. The molecule has 0 aliphatic rings. The Bertz CT molecular complexity index is 183. The average Bonchev–Trinajstić information content (AvgIpc) is 2.00. The molecule has 0 rings (SSSR count). The highest BCUT2D eigenvalue weighted by Gasteiger charge is 2.69. The number of aliphatic hydroxyl groups is 2. The topological polar surface area (TPSA) is 40.5 Å². The predicted molar refractivity (Wildman–Crippen MR) is 38.0 cm³/mol. The van der Waals surface area contributed by atoms with Crippen molar-refractivity contribution >= 4 is 0 Å². The van der Waals surface area contributed by atoms with Gasteiger partial charge in [-0.05, 0) is 19.3 Å². The van der Waals surface area contributed by atoms with Gasteiger partial charge in [-0.15, -0.1) is 0 Å². The van der Waals surface area contributed by atoms with Crippen LogP contribution in [0.3, 0.4) is 0 Å². The fourth-order valence-electron chi connectivity index (χ4n) is 0.937. The Morgan fingerprint density at radius 3 is 1.47 bits per heavy atom. The van der Waals surface area contributed by atoms with Crippen LogP contribution in [0.5, 0.6) is 0 Å². The standard InChI is InChI=1S/C7H10F6O2/c8-6(9,10)5(15,7(11,12)13)3-1-2-4-14/h14-15H,1-4H2. The molecule has 0 fully saturated rings. The van der Waals surface area contributed by atoms with Gasteiger partial charge in [0, 0.05) is 6.61 Å². The molecule has 0 radical (unpaired) electrons. The van der Waals surface area contributed by atoms with E-state index >= 15 is 0 Å². The van der Waals surface area contributed by atoms with Gasteiger partial charge >= 0.3 is 12.4 Å². The summed E-state index contributed by atoms with van der Waals surface area (Å²) in [6.07, 6.45) is -13.8. The second-order valence-electron chi connectivity index (χ2n) is 3.04. The number of halogens is 6. The van der Waals surface area contributed by atoms with Crippen LogP contribution in [0.2, 0.25) is 0 Å². The first-order valence-corrected chi connectivity index (χ1v) is 4.03. The van der Waals surface area contributed by atoms with Gasteiger partial charge in [0.15, 0.2) is 0 Å². The van der Waals surface area contributed by atoms with E-state index in [4.69, 9.17) is 10.2 Å². The molecule has 0 aromatic carbocycles. The second kappa shape index (κ2) is 4.56. The summed E-state index contributed by atoms with van der Waals surface area (Å²) in [5.74, 6) is 0. The van der Waals surface area contributed by atoms with E-state index in [0.717, 1.165) is 0 Å². The minimum atomic E-state index is -5.76. The average molecular weight is 240 g/mol. The van der Waals surface area contributed by atoms with Crippen LogP contribution in [0, 0.1) is 0 Å². The number of hydrogen-bond donors (Lipinski definition) is 2. The summed E-state index contributed by atoms with van der Waals surface area (Å²) in [4.78, 5) is 0. The fraction of sp³-hybridized carbons (Fsp3) is 1.00. The molecule has 15 heavy (non-hydrogen) atoms. The van der Waals surface area contributed by atoms with E-state index in [9.17, 15) is 26.3 Å². The Morgan fingerprint density at radius 1 is 0.800 bits per heavy atom. The normalized spacial score (nSPS) is 14.4. The maximum atomic E-state index is 12.0. The summed E-state index contributed by atoms with van der Waals surface area (Å²) < 4.78 is 72.0. The lowest BCUT2D eigenvalue weighted by atomic mass is 9.95. The number of aliphatic hydroxyl groups excluding tert-OH is 1. The molecule has 0 aliphatic heterocycles. The molecule has 0 atom stereocenters. The summed E-state index contributed by atoms with van der Waals surface area (Å²) in [6.45, 7) is -0.522. The monoisotopic (exact) mass is 240 g/mol. The van der Waals surface area contributed by atoms with E-state index in [1.165, 1.54) is 0 Å². The van der Waals surface area contributed by atoms with E-state index in [1.54, 1.807) is 0 Å². The Morgan fingerprint density at radius 2 is 1.20 bits per heavy atom. The molecule has 0 aliphatic carbocycles. The van der Waals surface area contributed by atoms with Gasteiger partial charge in [-0.25, -0.2) is 0 Å². The van der Waals surface area contributed by atoms with Crippen LogP contribution in [-0.4, -0.2) is 34.8 Å². The quantitative estimate of drug-likeness (QED) is 0.583. The van der Waals surface area contributed by atoms with Crippen molar-refractivity contribution in [3.05, 3.63) is 0 Å². The second-order valence-corrected chi connectivity index (χ2v) is 3.04. The van der Waals surface area contributed by atoms with E-state index in [2.05, 4.69) is 0 Å². The van der Waals surface area contributed by atoms with Crippen molar-refractivity contribution in [2.75, 3.05) is 6.61 Å². The number of alkyl halides is 6. The lowest BCUT2D eigenvalue weighted by Crippen LogP contribution is -2.56. The van der Waals surface area contributed by atoms with Crippen molar-refractivity contribution in [2.24, 2.45) is 0 Å². The Hall–Kier alpha value is -0.500. The highest BCUT2D eigenvalue weighted by atomic mass is 19.4. The molecule has 0 aromatic rings. The highest BCUT2D eigenvalue weighted by molar-refractivity contribution is 4.93. The first-order valence-electron chi connectivity index (χ1n) is 4.03. The minimum absolute atomic E-state index is 0.228. The van der Waals surface area contributed by atoms with Gasteiger partial charge in [0.25, 0.3) is 5.60 Å². The van der Waals surface area contributed by atoms with Gasteiger partial charge in [-0.1, -0.05) is 0 Å². The molecule has 0 amide bonds. The van der Waals surface area contributed by atoms with Crippen molar-refractivity contribution in [2.45, 2.75) is 37.2 Å². The number of rotatable bonds is 4. The zero-order chi connectivity index (χ0) is 12.3. The molecule has 0 bridgehead atoms. The third kappa shape index (κ3) is 3.23. The molecular weight excluding hydrogens is 230 g/mol. The van der Waals surface area contributed by atoms with E-state index in [1.807, 2.05) is 0 Å². The molecule has 2 nitrogen and oxygen atoms in total. The Balaban J connectivity index is 4.74. The summed E-state index contributed by atoms with van der Waals surface area (Å²) in [5.41, 5.74) is -4.69. The number of unbranched alkanes of at least 4 members (excludes halogenated alkanes) is 1. The predicted octanol–water partition coefficient (Wildman–Crippen LogP) is 2.00. The maximum absolute atomic E-state index is 12.0. The molecule has 92 valence electrons. The molecule has 0 heterocycles. The Labute approximate surface area is 81.5 Å². The zero-order valence-corrected chi connectivity index (χ0v) is 7.49.